The van der Waals surface area contributed by atoms with Crippen molar-refractivity contribution in [3.8, 4) is 0 Å². The molecule has 98 valence electrons. The van der Waals surface area contributed by atoms with Crippen LogP contribution in [-0.2, 0) is 6.42 Å². The van der Waals surface area contributed by atoms with Crippen molar-refractivity contribution in [2.75, 3.05) is 11.9 Å². The maximum absolute atomic E-state index is 5.61. The first-order chi connectivity index (χ1) is 9.11. The average molecular weight is 271 g/mol. The van der Waals surface area contributed by atoms with Crippen molar-refractivity contribution in [2.45, 2.75) is 13.3 Å². The Morgan fingerprint density at radius 2 is 1.89 bits per heavy atom. The summed E-state index contributed by atoms with van der Waals surface area (Å²) in [6, 6.07) is 14.1. The third-order valence-electron chi connectivity index (χ3n) is 3.06. The Morgan fingerprint density at radius 3 is 2.47 bits per heavy atom. The number of nitrogens with zero attached hydrogens (tertiary/aromatic N) is 2. The van der Waals surface area contributed by atoms with Gasteiger partial charge < -0.3 is 10.6 Å². The smallest absolute Gasteiger partial charge is 0.133 e. The van der Waals surface area contributed by atoms with Crippen LogP contribution in [0.25, 0.3) is 0 Å². The van der Waals surface area contributed by atoms with Crippen LogP contribution in [0.15, 0.2) is 42.5 Å². The quantitative estimate of drug-likeness (QED) is 0.868. The third-order valence-corrected chi connectivity index (χ3v) is 3.27. The van der Waals surface area contributed by atoms with Gasteiger partial charge in [-0.1, -0.05) is 37.3 Å². The van der Waals surface area contributed by atoms with E-state index in [4.69, 9.17) is 18.0 Å². The van der Waals surface area contributed by atoms with Crippen LogP contribution in [0.4, 0.5) is 11.5 Å². The second-order valence-electron chi connectivity index (χ2n) is 4.32. The SMILES string of the molecule is CCc1ccc(N(C)c2cccc(C(N)=S)n2)cc1. The van der Waals surface area contributed by atoms with E-state index in [9.17, 15) is 0 Å². The maximum atomic E-state index is 5.61. The number of benzene rings is 1. The minimum Gasteiger partial charge on any atom is -0.388 e. The Balaban J connectivity index is 2.29. The van der Waals surface area contributed by atoms with E-state index < -0.39 is 0 Å². The molecule has 0 atom stereocenters. The van der Waals surface area contributed by atoms with Gasteiger partial charge in [0, 0.05) is 12.7 Å². The Kier molecular flexibility index (Phi) is 4.12. The molecular weight excluding hydrogens is 254 g/mol. The number of nitrogens with two attached hydrogens (primary N) is 1. The molecule has 0 unspecified atom stereocenters. The summed E-state index contributed by atoms with van der Waals surface area (Å²) in [6.07, 6.45) is 1.04. The fraction of sp³-hybridized carbons (Fsp3) is 0.200. The van der Waals surface area contributed by atoms with Crippen molar-refractivity contribution >= 4 is 28.7 Å². The van der Waals surface area contributed by atoms with Crippen LogP contribution in [0.1, 0.15) is 18.2 Å². The normalized spacial score (nSPS) is 10.2. The zero-order valence-electron chi connectivity index (χ0n) is 11.1. The molecule has 2 N–H and O–H groups in total. The predicted octanol–water partition coefficient (Wildman–Crippen LogP) is 3.05. The minimum absolute atomic E-state index is 0.316. The van der Waals surface area contributed by atoms with Crippen molar-refractivity contribution in [3.63, 3.8) is 0 Å². The molecule has 1 heterocycles. The van der Waals surface area contributed by atoms with Crippen molar-refractivity contribution in [2.24, 2.45) is 5.73 Å². The molecule has 0 aliphatic heterocycles. The van der Waals surface area contributed by atoms with E-state index in [-0.39, 0.29) is 0 Å². The highest BCUT2D eigenvalue weighted by Gasteiger charge is 2.07. The fourth-order valence-electron chi connectivity index (χ4n) is 1.83. The molecule has 0 aliphatic rings. The van der Waals surface area contributed by atoms with Crippen molar-refractivity contribution in [1.29, 1.82) is 0 Å². The Hall–Kier alpha value is -1.94. The summed E-state index contributed by atoms with van der Waals surface area (Å²) < 4.78 is 0. The lowest BCUT2D eigenvalue weighted by Crippen LogP contribution is -2.16. The van der Waals surface area contributed by atoms with Gasteiger partial charge in [0.15, 0.2) is 0 Å². The summed E-state index contributed by atoms with van der Waals surface area (Å²) in [5.41, 5.74) is 8.66. The number of hydrogen-bond donors (Lipinski definition) is 1. The van der Waals surface area contributed by atoms with Gasteiger partial charge in [-0.05, 0) is 36.2 Å². The van der Waals surface area contributed by atoms with Gasteiger partial charge in [0.25, 0.3) is 0 Å². The number of aryl methyl sites for hydroxylation is 1. The second-order valence-corrected chi connectivity index (χ2v) is 4.76. The third kappa shape index (κ3) is 3.09. The lowest BCUT2D eigenvalue weighted by Gasteiger charge is -2.19. The zero-order valence-corrected chi connectivity index (χ0v) is 11.9. The molecular formula is C15H17N3S. The molecule has 0 spiro atoms. The fourth-order valence-corrected chi connectivity index (χ4v) is 1.95. The predicted molar refractivity (Wildman–Crippen MR) is 84.0 cm³/mol. The minimum atomic E-state index is 0.316. The number of aromatic nitrogens is 1. The molecule has 0 saturated carbocycles. The van der Waals surface area contributed by atoms with Crippen LogP contribution in [0, 0.1) is 0 Å². The summed E-state index contributed by atoms with van der Waals surface area (Å²) in [7, 11) is 1.98. The Morgan fingerprint density at radius 1 is 1.21 bits per heavy atom. The molecule has 19 heavy (non-hydrogen) atoms. The van der Waals surface area contributed by atoms with Crippen LogP contribution in [0.5, 0.6) is 0 Å². The number of hydrogen-bond acceptors (Lipinski definition) is 3. The molecule has 0 fully saturated rings. The largest absolute Gasteiger partial charge is 0.388 e. The first-order valence-electron chi connectivity index (χ1n) is 6.21. The van der Waals surface area contributed by atoms with E-state index in [0.29, 0.717) is 10.7 Å². The van der Waals surface area contributed by atoms with Gasteiger partial charge in [-0.3, -0.25) is 0 Å². The van der Waals surface area contributed by atoms with Crippen molar-refractivity contribution < 1.29 is 0 Å². The molecule has 0 bridgehead atoms. The van der Waals surface area contributed by atoms with Gasteiger partial charge in [0.05, 0.1) is 5.69 Å². The van der Waals surface area contributed by atoms with E-state index in [1.807, 2.05) is 30.1 Å². The van der Waals surface area contributed by atoms with E-state index in [1.165, 1.54) is 5.56 Å². The van der Waals surface area contributed by atoms with Crippen molar-refractivity contribution in [3.05, 3.63) is 53.7 Å². The van der Waals surface area contributed by atoms with Crippen LogP contribution in [-0.4, -0.2) is 17.0 Å². The van der Waals surface area contributed by atoms with E-state index in [1.54, 1.807) is 0 Å². The number of rotatable bonds is 4. The molecule has 0 amide bonds. The summed E-state index contributed by atoms with van der Waals surface area (Å²) in [5.74, 6) is 0.828. The number of thiocarbonyl (C=S) groups is 1. The molecule has 2 aromatic rings. The number of pyridine rings is 1. The molecule has 0 aliphatic carbocycles. The summed E-state index contributed by atoms with van der Waals surface area (Å²) in [6.45, 7) is 2.14. The summed E-state index contributed by atoms with van der Waals surface area (Å²) >= 11 is 4.95. The maximum Gasteiger partial charge on any atom is 0.133 e. The molecule has 1 aromatic heterocycles. The molecule has 2 rings (SSSR count). The molecule has 0 radical (unpaired) electrons. The Bertz CT molecular complexity index is 578. The van der Waals surface area contributed by atoms with E-state index >= 15 is 0 Å². The molecule has 0 saturated heterocycles. The van der Waals surface area contributed by atoms with Gasteiger partial charge in [0.1, 0.15) is 10.8 Å². The highest BCUT2D eigenvalue weighted by Crippen LogP contribution is 2.22. The standard InChI is InChI=1S/C15H17N3S/c1-3-11-7-9-12(10-8-11)18(2)14-6-4-5-13(17-14)15(16)19/h4-10H,3H2,1-2H3,(H2,16,19). The van der Waals surface area contributed by atoms with Gasteiger partial charge in [-0.15, -0.1) is 0 Å². The van der Waals surface area contributed by atoms with Gasteiger partial charge in [-0.25, -0.2) is 4.98 Å². The monoisotopic (exact) mass is 271 g/mol. The van der Waals surface area contributed by atoms with Crippen LogP contribution in [0.2, 0.25) is 0 Å². The highest BCUT2D eigenvalue weighted by atomic mass is 32.1. The van der Waals surface area contributed by atoms with E-state index in [2.05, 4.69) is 36.2 Å². The van der Waals surface area contributed by atoms with E-state index in [0.717, 1.165) is 17.9 Å². The van der Waals surface area contributed by atoms with Crippen LogP contribution in [0.3, 0.4) is 0 Å². The first-order valence-corrected chi connectivity index (χ1v) is 6.62. The summed E-state index contributed by atoms with van der Waals surface area (Å²) in [5, 5.41) is 0. The number of anilines is 2. The van der Waals surface area contributed by atoms with Gasteiger partial charge in [0.2, 0.25) is 0 Å². The van der Waals surface area contributed by atoms with Crippen LogP contribution < -0.4 is 10.6 Å². The highest BCUT2D eigenvalue weighted by molar-refractivity contribution is 7.80. The second kappa shape index (κ2) is 5.80. The lowest BCUT2D eigenvalue weighted by atomic mass is 10.1. The van der Waals surface area contributed by atoms with Gasteiger partial charge >= 0.3 is 0 Å². The van der Waals surface area contributed by atoms with Crippen molar-refractivity contribution in [1.82, 2.24) is 4.98 Å². The Labute approximate surface area is 119 Å². The molecule has 4 heteroatoms. The first kappa shape index (κ1) is 13.5. The zero-order chi connectivity index (χ0) is 13.8. The topological polar surface area (TPSA) is 42.1 Å². The summed E-state index contributed by atoms with van der Waals surface area (Å²) in [4.78, 5) is 6.78. The molecule has 3 nitrogen and oxygen atoms in total. The average Bonchev–Trinajstić information content (AvgIpc) is 2.46. The van der Waals surface area contributed by atoms with Gasteiger partial charge in [-0.2, -0.15) is 0 Å². The lowest BCUT2D eigenvalue weighted by molar-refractivity contribution is 1.10. The molecule has 1 aromatic carbocycles. The van der Waals surface area contributed by atoms with Crippen LogP contribution >= 0.6 is 12.2 Å².